The van der Waals surface area contributed by atoms with Crippen LogP contribution in [0, 0.1) is 0 Å². The van der Waals surface area contributed by atoms with Gasteiger partial charge in [-0.05, 0) is 26.7 Å². The van der Waals surface area contributed by atoms with Gasteiger partial charge in [-0.3, -0.25) is 4.79 Å². The molecule has 0 aliphatic heterocycles. The minimum Gasteiger partial charge on any atom is -0.435 e. The van der Waals surface area contributed by atoms with E-state index in [1.165, 1.54) is 0 Å². The second-order valence-electron chi connectivity index (χ2n) is 4.40. The summed E-state index contributed by atoms with van der Waals surface area (Å²) in [5.41, 5.74) is -0.972. The number of unbranched alkanes of at least 4 members (excludes halogenated alkanes) is 2. The van der Waals surface area contributed by atoms with E-state index in [4.69, 9.17) is 9.84 Å². The number of rotatable bonds is 10. The molecule has 104 valence electrons. The molecule has 0 rings (SSSR count). The summed E-state index contributed by atoms with van der Waals surface area (Å²) >= 11 is 0. The van der Waals surface area contributed by atoms with Gasteiger partial charge in [0.15, 0.2) is 12.6 Å². The van der Waals surface area contributed by atoms with Crippen LogP contribution >= 0.6 is 0 Å². The summed E-state index contributed by atoms with van der Waals surface area (Å²) in [7, 11) is 0. The van der Waals surface area contributed by atoms with Crippen molar-refractivity contribution >= 4 is 11.8 Å². The van der Waals surface area contributed by atoms with Gasteiger partial charge in [0.1, 0.15) is 5.60 Å². The highest BCUT2D eigenvalue weighted by atomic mass is 16.7. The number of hydrogen-bond acceptors (Lipinski definition) is 5. The summed E-state index contributed by atoms with van der Waals surface area (Å²) in [6.45, 7) is 6.42. The molecule has 5 heteroatoms. The number of carbonyl (C=O) groups excluding carboxylic acids is 2. The fourth-order valence-electron chi connectivity index (χ4n) is 1.25. The van der Waals surface area contributed by atoms with E-state index in [0.29, 0.717) is 12.8 Å². The van der Waals surface area contributed by atoms with Crippen molar-refractivity contribution in [2.45, 2.75) is 45.1 Å². The summed E-state index contributed by atoms with van der Waals surface area (Å²) in [6.07, 6.45) is 3.66. The number of Topliss-reactive ketones (excluding diaryl/α,β-unsaturated/α-hetero) is 1. The number of ether oxygens (including phenoxy) is 2. The van der Waals surface area contributed by atoms with Gasteiger partial charge in [0, 0.05) is 19.1 Å². The molecule has 0 aromatic carbocycles. The third-order valence-electron chi connectivity index (χ3n) is 2.52. The number of esters is 1. The maximum absolute atomic E-state index is 11.8. The lowest BCUT2D eigenvalue weighted by Gasteiger charge is -2.23. The molecular formula is C13H22O5. The van der Waals surface area contributed by atoms with Gasteiger partial charge in [-0.15, -0.1) is 0 Å². The standard InChI is InChI=1S/C13H22O5/c1-4-12(16)17-10-18-13(2,3)11(15)8-6-5-7-9-14/h4,14H,1,5-10H2,2-3H3. The summed E-state index contributed by atoms with van der Waals surface area (Å²) < 4.78 is 9.89. The molecule has 0 saturated carbocycles. The first kappa shape index (κ1) is 16.8. The van der Waals surface area contributed by atoms with Gasteiger partial charge in [-0.25, -0.2) is 4.79 Å². The largest absolute Gasteiger partial charge is 0.435 e. The van der Waals surface area contributed by atoms with Crippen molar-refractivity contribution in [3.63, 3.8) is 0 Å². The second-order valence-corrected chi connectivity index (χ2v) is 4.40. The van der Waals surface area contributed by atoms with Crippen LogP contribution in [0.1, 0.15) is 39.5 Å². The van der Waals surface area contributed by atoms with Crippen molar-refractivity contribution in [2.75, 3.05) is 13.4 Å². The Balaban J connectivity index is 3.91. The van der Waals surface area contributed by atoms with Crippen molar-refractivity contribution < 1.29 is 24.2 Å². The highest BCUT2D eigenvalue weighted by Crippen LogP contribution is 2.15. The van der Waals surface area contributed by atoms with Crippen LogP contribution in [-0.2, 0) is 19.1 Å². The van der Waals surface area contributed by atoms with Gasteiger partial charge >= 0.3 is 5.97 Å². The zero-order valence-corrected chi connectivity index (χ0v) is 11.1. The average molecular weight is 258 g/mol. The zero-order valence-electron chi connectivity index (χ0n) is 11.1. The van der Waals surface area contributed by atoms with Gasteiger partial charge in [-0.1, -0.05) is 13.0 Å². The molecule has 0 fully saturated rings. The molecule has 0 aliphatic carbocycles. The predicted octanol–water partition coefficient (Wildman–Crippen LogP) is 1.59. The van der Waals surface area contributed by atoms with E-state index in [0.717, 1.165) is 18.9 Å². The fourth-order valence-corrected chi connectivity index (χ4v) is 1.25. The Bertz CT molecular complexity index is 283. The first-order valence-electron chi connectivity index (χ1n) is 6.01. The normalized spacial score (nSPS) is 11.1. The molecule has 0 spiro atoms. The maximum atomic E-state index is 11.8. The molecule has 1 N–H and O–H groups in total. The van der Waals surface area contributed by atoms with Crippen molar-refractivity contribution in [3.8, 4) is 0 Å². The Hall–Kier alpha value is -1.20. The van der Waals surface area contributed by atoms with E-state index in [1.54, 1.807) is 13.8 Å². The molecule has 0 unspecified atom stereocenters. The van der Waals surface area contributed by atoms with Crippen molar-refractivity contribution in [1.82, 2.24) is 0 Å². The van der Waals surface area contributed by atoms with Gasteiger partial charge in [0.05, 0.1) is 0 Å². The minimum atomic E-state index is -0.972. The van der Waals surface area contributed by atoms with Crippen LogP contribution in [0.25, 0.3) is 0 Å². The van der Waals surface area contributed by atoms with Crippen molar-refractivity contribution in [2.24, 2.45) is 0 Å². The minimum absolute atomic E-state index is 0.0462. The molecule has 18 heavy (non-hydrogen) atoms. The lowest BCUT2D eigenvalue weighted by atomic mass is 9.98. The first-order chi connectivity index (χ1) is 8.44. The number of carbonyl (C=O) groups is 2. The van der Waals surface area contributed by atoms with Gasteiger partial charge in [0.2, 0.25) is 0 Å². The lowest BCUT2D eigenvalue weighted by molar-refractivity contribution is -0.171. The number of aliphatic hydroxyl groups excluding tert-OH is 1. The predicted molar refractivity (Wildman–Crippen MR) is 66.9 cm³/mol. The van der Waals surface area contributed by atoms with Crippen LogP contribution in [0.5, 0.6) is 0 Å². The van der Waals surface area contributed by atoms with Crippen LogP contribution in [0.2, 0.25) is 0 Å². The van der Waals surface area contributed by atoms with E-state index in [9.17, 15) is 9.59 Å². The van der Waals surface area contributed by atoms with E-state index in [2.05, 4.69) is 11.3 Å². The summed E-state index contributed by atoms with van der Waals surface area (Å²) in [5, 5.41) is 8.62. The molecule has 0 heterocycles. The third-order valence-corrected chi connectivity index (χ3v) is 2.52. The molecule has 0 radical (unpaired) electrons. The molecule has 0 aromatic rings. The van der Waals surface area contributed by atoms with E-state index in [1.807, 2.05) is 0 Å². The Morgan fingerprint density at radius 2 is 1.94 bits per heavy atom. The maximum Gasteiger partial charge on any atom is 0.332 e. The van der Waals surface area contributed by atoms with Crippen LogP contribution < -0.4 is 0 Å². The van der Waals surface area contributed by atoms with Crippen LogP contribution in [0.4, 0.5) is 0 Å². The zero-order chi connectivity index (χ0) is 14.0. The Morgan fingerprint density at radius 1 is 1.28 bits per heavy atom. The molecular weight excluding hydrogens is 236 g/mol. The molecule has 0 atom stereocenters. The monoisotopic (exact) mass is 258 g/mol. The van der Waals surface area contributed by atoms with E-state index >= 15 is 0 Å². The Kier molecular flexibility index (Phi) is 8.24. The third kappa shape index (κ3) is 7.19. The Labute approximate surface area is 108 Å². The molecule has 0 aromatic heterocycles. The number of ketones is 1. The highest BCUT2D eigenvalue weighted by Gasteiger charge is 2.27. The first-order valence-corrected chi connectivity index (χ1v) is 6.01. The molecule has 0 saturated heterocycles. The van der Waals surface area contributed by atoms with Crippen LogP contribution in [-0.4, -0.2) is 35.9 Å². The van der Waals surface area contributed by atoms with Gasteiger partial charge in [0.25, 0.3) is 0 Å². The van der Waals surface area contributed by atoms with Crippen molar-refractivity contribution in [1.29, 1.82) is 0 Å². The average Bonchev–Trinajstić information content (AvgIpc) is 2.33. The molecule has 5 nitrogen and oxygen atoms in total. The topological polar surface area (TPSA) is 72.8 Å². The number of hydrogen-bond donors (Lipinski definition) is 1. The van der Waals surface area contributed by atoms with E-state index in [-0.39, 0.29) is 19.2 Å². The van der Waals surface area contributed by atoms with E-state index < -0.39 is 11.6 Å². The molecule has 0 amide bonds. The van der Waals surface area contributed by atoms with Crippen LogP contribution in [0.3, 0.4) is 0 Å². The lowest BCUT2D eigenvalue weighted by Crippen LogP contribution is -2.36. The highest BCUT2D eigenvalue weighted by molar-refractivity contribution is 5.86. The summed E-state index contributed by atoms with van der Waals surface area (Å²) in [6, 6.07) is 0. The van der Waals surface area contributed by atoms with Crippen molar-refractivity contribution in [3.05, 3.63) is 12.7 Å². The second kappa shape index (κ2) is 8.83. The number of aliphatic hydroxyl groups is 1. The summed E-state index contributed by atoms with van der Waals surface area (Å²) in [4.78, 5) is 22.6. The molecule has 0 bridgehead atoms. The summed E-state index contributed by atoms with van der Waals surface area (Å²) in [5.74, 6) is -0.628. The fraction of sp³-hybridized carbons (Fsp3) is 0.692. The Morgan fingerprint density at radius 3 is 2.50 bits per heavy atom. The SMILES string of the molecule is C=CC(=O)OCOC(C)(C)C(=O)CCCCCO. The van der Waals surface area contributed by atoms with Gasteiger partial charge in [-0.2, -0.15) is 0 Å². The van der Waals surface area contributed by atoms with Gasteiger partial charge < -0.3 is 14.6 Å². The smallest absolute Gasteiger partial charge is 0.332 e. The van der Waals surface area contributed by atoms with Crippen LogP contribution in [0.15, 0.2) is 12.7 Å². The quantitative estimate of drug-likeness (QED) is 0.279. The molecule has 0 aliphatic rings.